The molecule has 0 spiro atoms. The Morgan fingerprint density at radius 3 is 2.29 bits per heavy atom. The summed E-state index contributed by atoms with van der Waals surface area (Å²) in [7, 11) is -3.85. The molecule has 1 aliphatic rings. The van der Waals surface area contributed by atoms with Crippen LogP contribution in [0, 0.1) is 0 Å². The summed E-state index contributed by atoms with van der Waals surface area (Å²) < 4.78 is 27.6. The topological polar surface area (TPSA) is 121 Å². The lowest BCUT2D eigenvalue weighted by Gasteiger charge is -2.19. The zero-order chi connectivity index (χ0) is 24.6. The van der Waals surface area contributed by atoms with Crippen LogP contribution in [0.25, 0.3) is 0 Å². The molecule has 0 atom stereocenters. The molecule has 0 aliphatic carbocycles. The second-order valence-corrected chi connectivity index (χ2v) is 10.00. The van der Waals surface area contributed by atoms with E-state index in [4.69, 9.17) is 11.6 Å². The molecule has 1 heterocycles. The number of sulfonamides is 1. The molecule has 1 amide bonds. The molecule has 1 aliphatic heterocycles. The highest BCUT2D eigenvalue weighted by molar-refractivity contribution is 7.92. The van der Waals surface area contributed by atoms with Gasteiger partial charge in [-0.1, -0.05) is 11.6 Å². The van der Waals surface area contributed by atoms with Gasteiger partial charge in [0, 0.05) is 22.7 Å². The summed E-state index contributed by atoms with van der Waals surface area (Å²) in [5.41, 5.74) is 1.55. The number of aromatic carboxylic acids is 1. The van der Waals surface area contributed by atoms with E-state index in [2.05, 4.69) is 5.32 Å². The molecule has 0 unspecified atom stereocenters. The van der Waals surface area contributed by atoms with Crippen LogP contribution in [0.4, 0.5) is 11.4 Å². The predicted molar refractivity (Wildman–Crippen MR) is 127 cm³/mol. The molecule has 3 aromatic rings. The highest BCUT2D eigenvalue weighted by Crippen LogP contribution is 2.34. The van der Waals surface area contributed by atoms with E-state index < -0.39 is 21.9 Å². The highest BCUT2D eigenvalue weighted by atomic mass is 35.5. The fourth-order valence-corrected chi connectivity index (χ4v) is 5.44. The Kier molecular flexibility index (Phi) is 6.16. The lowest BCUT2D eigenvalue weighted by molar-refractivity contribution is 0.0698. The molecule has 2 N–H and O–H groups in total. The van der Waals surface area contributed by atoms with Crippen molar-refractivity contribution in [3.8, 4) is 0 Å². The molecule has 0 aromatic heterocycles. The summed E-state index contributed by atoms with van der Waals surface area (Å²) in [5, 5.41) is 12.5. The van der Waals surface area contributed by atoms with Gasteiger partial charge in [-0.2, -0.15) is 0 Å². The second-order valence-electron chi connectivity index (χ2n) is 7.70. The highest BCUT2D eigenvalue weighted by Gasteiger charge is 2.31. The van der Waals surface area contributed by atoms with Crippen LogP contribution in [0.1, 0.15) is 43.6 Å². The van der Waals surface area contributed by atoms with Gasteiger partial charge in [0.25, 0.3) is 15.9 Å². The first kappa shape index (κ1) is 23.5. The Morgan fingerprint density at radius 1 is 0.971 bits per heavy atom. The van der Waals surface area contributed by atoms with Crippen molar-refractivity contribution >= 4 is 50.7 Å². The number of benzene rings is 3. The average Bonchev–Trinajstić information content (AvgIpc) is 3.23. The van der Waals surface area contributed by atoms with E-state index in [1.54, 1.807) is 18.2 Å². The molecule has 174 valence electrons. The molecule has 4 rings (SSSR count). The van der Waals surface area contributed by atoms with Crippen LogP contribution >= 0.6 is 11.6 Å². The molecule has 10 heteroatoms. The first-order valence-corrected chi connectivity index (χ1v) is 12.0. The summed E-state index contributed by atoms with van der Waals surface area (Å²) in [6.07, 6.45) is 0.546. The Balaban J connectivity index is 1.56. The number of nitrogens with zero attached hydrogens (tertiary/aromatic N) is 1. The van der Waals surface area contributed by atoms with E-state index in [0.29, 0.717) is 17.1 Å². The number of ketones is 1. The maximum absolute atomic E-state index is 13.2. The smallest absolute Gasteiger partial charge is 0.337 e. The third kappa shape index (κ3) is 4.40. The van der Waals surface area contributed by atoms with Gasteiger partial charge in [-0.3, -0.25) is 13.9 Å². The minimum Gasteiger partial charge on any atom is -0.478 e. The zero-order valence-electron chi connectivity index (χ0n) is 17.9. The largest absolute Gasteiger partial charge is 0.478 e. The number of amides is 1. The van der Waals surface area contributed by atoms with Gasteiger partial charge in [-0.25, -0.2) is 13.2 Å². The van der Waals surface area contributed by atoms with Crippen molar-refractivity contribution in [1.82, 2.24) is 0 Å². The lowest BCUT2D eigenvalue weighted by Crippen LogP contribution is -2.29. The van der Waals surface area contributed by atoms with Crippen molar-refractivity contribution in [2.24, 2.45) is 0 Å². The van der Waals surface area contributed by atoms with Gasteiger partial charge in [0.1, 0.15) is 0 Å². The van der Waals surface area contributed by atoms with E-state index in [1.165, 1.54) is 53.7 Å². The first-order valence-electron chi connectivity index (χ1n) is 10.2. The van der Waals surface area contributed by atoms with Crippen molar-refractivity contribution in [1.29, 1.82) is 0 Å². The van der Waals surface area contributed by atoms with Gasteiger partial charge in [0.05, 0.1) is 21.8 Å². The number of anilines is 2. The first-order chi connectivity index (χ1) is 16.1. The Hall–Kier alpha value is -3.69. The third-order valence-corrected chi connectivity index (χ3v) is 7.57. The summed E-state index contributed by atoms with van der Waals surface area (Å²) in [4.78, 5) is 35.8. The van der Waals surface area contributed by atoms with Gasteiger partial charge in [-0.15, -0.1) is 0 Å². The van der Waals surface area contributed by atoms with E-state index >= 15 is 0 Å². The molecule has 0 saturated heterocycles. The maximum Gasteiger partial charge on any atom is 0.337 e. The SMILES string of the molecule is CC(=O)c1ccc(NC(=O)c2ccc(S(=O)(=O)N3CCc4cc(Cl)ccc43)cc2)c(C(=O)O)c1. The van der Waals surface area contributed by atoms with Crippen LogP contribution in [0.15, 0.2) is 65.6 Å². The van der Waals surface area contributed by atoms with Crippen molar-refractivity contribution < 1.29 is 27.9 Å². The number of Topliss-reactive ketones (excluding diaryl/α,β-unsaturated/α-hetero) is 1. The number of fused-ring (bicyclic) bond motifs is 1. The van der Waals surface area contributed by atoms with Gasteiger partial charge >= 0.3 is 5.97 Å². The minimum atomic E-state index is -3.85. The van der Waals surface area contributed by atoms with E-state index in [-0.39, 0.29) is 39.6 Å². The molecule has 34 heavy (non-hydrogen) atoms. The number of halogens is 1. The molecule has 0 bridgehead atoms. The third-order valence-electron chi connectivity index (χ3n) is 5.50. The van der Waals surface area contributed by atoms with E-state index in [1.807, 2.05) is 0 Å². The number of hydrogen-bond acceptors (Lipinski definition) is 5. The number of rotatable bonds is 6. The Bertz CT molecular complexity index is 1430. The summed E-state index contributed by atoms with van der Waals surface area (Å²) >= 11 is 6.00. The quantitative estimate of drug-likeness (QED) is 0.490. The molecule has 0 radical (unpaired) electrons. The van der Waals surface area contributed by atoms with Gasteiger partial charge in [0.15, 0.2) is 5.78 Å². The summed E-state index contributed by atoms with van der Waals surface area (Å²) in [6, 6.07) is 14.4. The molecule has 0 fully saturated rings. The van der Waals surface area contributed by atoms with Crippen LogP contribution in [-0.2, 0) is 16.4 Å². The van der Waals surface area contributed by atoms with Crippen molar-refractivity contribution in [2.75, 3.05) is 16.2 Å². The van der Waals surface area contributed by atoms with Crippen LogP contribution in [0.2, 0.25) is 5.02 Å². The minimum absolute atomic E-state index is 0.0175. The summed E-state index contributed by atoms with van der Waals surface area (Å²) in [6.45, 7) is 1.60. The monoisotopic (exact) mass is 498 g/mol. The van der Waals surface area contributed by atoms with Crippen molar-refractivity contribution in [2.45, 2.75) is 18.2 Å². The van der Waals surface area contributed by atoms with Crippen molar-refractivity contribution in [3.63, 3.8) is 0 Å². The number of hydrogen-bond donors (Lipinski definition) is 2. The van der Waals surface area contributed by atoms with Crippen LogP contribution < -0.4 is 9.62 Å². The van der Waals surface area contributed by atoms with Crippen LogP contribution in [0.5, 0.6) is 0 Å². The second kappa shape index (κ2) is 8.92. The lowest BCUT2D eigenvalue weighted by atomic mass is 10.1. The fraction of sp³-hybridized carbons (Fsp3) is 0.125. The normalized spacial score (nSPS) is 12.8. The molecule has 0 saturated carbocycles. The van der Waals surface area contributed by atoms with Crippen LogP contribution in [0.3, 0.4) is 0 Å². The standard InChI is InChI=1S/C24H19ClN2O6S/c1-14(28)16-4-8-21(20(13-16)24(30)31)26-23(29)15-2-6-19(7-3-15)34(32,33)27-11-10-17-12-18(25)5-9-22(17)27/h2-9,12-13H,10-11H2,1H3,(H,26,29)(H,30,31). The number of carboxylic acid groups (broad SMARTS) is 1. The van der Waals surface area contributed by atoms with Gasteiger partial charge in [-0.05, 0) is 79.6 Å². The number of carboxylic acids is 1. The zero-order valence-corrected chi connectivity index (χ0v) is 19.5. The number of carbonyl (C=O) groups excluding carboxylic acids is 2. The fourth-order valence-electron chi connectivity index (χ4n) is 3.74. The van der Waals surface area contributed by atoms with E-state index in [0.717, 1.165) is 5.56 Å². The Morgan fingerprint density at radius 2 is 1.65 bits per heavy atom. The van der Waals surface area contributed by atoms with E-state index in [9.17, 15) is 27.9 Å². The molecular formula is C24H19ClN2O6S. The Labute approximate surface area is 200 Å². The molecule has 8 nitrogen and oxygen atoms in total. The molecular weight excluding hydrogens is 480 g/mol. The van der Waals surface area contributed by atoms with Gasteiger partial charge in [0.2, 0.25) is 0 Å². The van der Waals surface area contributed by atoms with Crippen molar-refractivity contribution in [3.05, 3.63) is 87.9 Å². The van der Waals surface area contributed by atoms with Gasteiger partial charge < -0.3 is 10.4 Å². The number of nitrogens with one attached hydrogen (secondary N) is 1. The summed E-state index contributed by atoms with van der Waals surface area (Å²) in [5.74, 6) is -2.23. The average molecular weight is 499 g/mol. The van der Waals surface area contributed by atoms with Crippen LogP contribution in [-0.4, -0.2) is 37.7 Å². The molecule has 3 aromatic carbocycles. The predicted octanol–water partition coefficient (Wildman–Crippen LogP) is 4.24. The maximum atomic E-state index is 13.2. The number of carbonyl (C=O) groups is 3.